The van der Waals surface area contributed by atoms with E-state index in [0.717, 1.165) is 63.2 Å². The molecule has 2 aliphatic heterocycles. The summed E-state index contributed by atoms with van der Waals surface area (Å²) in [5.74, 6) is 0.168. The van der Waals surface area contributed by atoms with Crippen molar-refractivity contribution in [3.8, 4) is 0 Å². The number of fused-ring (bicyclic) bond motifs is 1. The van der Waals surface area contributed by atoms with Crippen LogP contribution in [0.15, 0.2) is 29.3 Å². The fraction of sp³-hybridized carbons (Fsp3) is 0.571. The topological polar surface area (TPSA) is 70.5 Å². The Morgan fingerprint density at radius 2 is 1.79 bits per heavy atom. The molecule has 28 heavy (non-hydrogen) atoms. The van der Waals surface area contributed by atoms with E-state index in [1.165, 1.54) is 12.8 Å². The van der Waals surface area contributed by atoms with Crippen LogP contribution in [0.25, 0.3) is 10.9 Å². The summed E-state index contributed by atoms with van der Waals surface area (Å²) in [6.07, 6.45) is 7.20. The van der Waals surface area contributed by atoms with Gasteiger partial charge in [-0.3, -0.25) is 19.1 Å². The summed E-state index contributed by atoms with van der Waals surface area (Å²) in [6.45, 7) is 4.32. The van der Waals surface area contributed by atoms with Crippen molar-refractivity contribution < 1.29 is 4.79 Å². The number of benzene rings is 1. The molecule has 1 unspecified atom stereocenters. The molecule has 148 valence electrons. The molecule has 1 saturated carbocycles. The van der Waals surface area contributed by atoms with Gasteiger partial charge in [-0.2, -0.15) is 0 Å². The van der Waals surface area contributed by atoms with Gasteiger partial charge in [-0.05, 0) is 37.5 Å². The van der Waals surface area contributed by atoms with Crippen molar-refractivity contribution >= 4 is 22.5 Å². The van der Waals surface area contributed by atoms with Gasteiger partial charge in [0.25, 0.3) is 5.56 Å². The molecule has 1 amide bonds. The molecule has 2 saturated heterocycles. The van der Waals surface area contributed by atoms with Crippen LogP contribution in [0.2, 0.25) is 0 Å². The average molecular weight is 381 g/mol. The Bertz CT molecular complexity index is 941. The van der Waals surface area contributed by atoms with Gasteiger partial charge in [0.1, 0.15) is 0 Å². The maximum absolute atomic E-state index is 12.9. The predicted octanol–water partition coefficient (Wildman–Crippen LogP) is 1.52. The zero-order chi connectivity index (χ0) is 19.1. The van der Waals surface area contributed by atoms with E-state index >= 15 is 0 Å². The Balaban J connectivity index is 1.33. The molecule has 3 fully saturated rings. The van der Waals surface area contributed by atoms with E-state index in [2.05, 4.69) is 20.1 Å². The molecule has 1 aromatic carbocycles. The lowest BCUT2D eigenvalue weighted by Crippen LogP contribution is -2.52. The predicted molar refractivity (Wildman–Crippen MR) is 109 cm³/mol. The van der Waals surface area contributed by atoms with E-state index in [1.807, 2.05) is 22.8 Å². The largest absolute Gasteiger partial charge is 0.369 e. The standard InChI is InChI=1S/C21H27N5O2/c27-20-19(7-8-22-20)25-11-9-24(10-12-25)16-5-6-17-18(13-16)23-14-26(21(17)28)15-3-1-2-4-15/h5-6,13-15,19H,1-4,7-12H2,(H,22,27). The molecule has 3 aliphatic rings. The molecular weight excluding hydrogens is 354 g/mol. The van der Waals surface area contributed by atoms with Gasteiger partial charge in [0.15, 0.2) is 0 Å². The van der Waals surface area contributed by atoms with Crippen LogP contribution in [0.4, 0.5) is 5.69 Å². The number of carbonyl (C=O) groups is 1. The van der Waals surface area contributed by atoms with Crippen molar-refractivity contribution in [2.75, 3.05) is 37.6 Å². The van der Waals surface area contributed by atoms with Gasteiger partial charge in [-0.1, -0.05) is 12.8 Å². The van der Waals surface area contributed by atoms with Crippen LogP contribution < -0.4 is 15.8 Å². The van der Waals surface area contributed by atoms with E-state index in [0.29, 0.717) is 11.4 Å². The van der Waals surface area contributed by atoms with Crippen molar-refractivity contribution in [2.24, 2.45) is 0 Å². The zero-order valence-corrected chi connectivity index (χ0v) is 16.1. The van der Waals surface area contributed by atoms with E-state index in [1.54, 1.807) is 6.33 Å². The number of hydrogen-bond donors (Lipinski definition) is 1. The van der Waals surface area contributed by atoms with Crippen LogP contribution in [-0.2, 0) is 4.79 Å². The molecule has 7 heteroatoms. The first-order chi connectivity index (χ1) is 13.7. The number of piperazine rings is 1. The number of anilines is 1. The van der Waals surface area contributed by atoms with Crippen LogP contribution in [0.3, 0.4) is 0 Å². The fourth-order valence-electron chi connectivity index (χ4n) is 4.98. The number of hydrogen-bond acceptors (Lipinski definition) is 5. The van der Waals surface area contributed by atoms with Crippen molar-refractivity contribution in [3.63, 3.8) is 0 Å². The number of carbonyl (C=O) groups excluding carboxylic acids is 1. The number of amides is 1. The minimum Gasteiger partial charge on any atom is -0.369 e. The normalized spacial score (nSPS) is 24.2. The second-order valence-electron chi connectivity index (χ2n) is 8.22. The lowest BCUT2D eigenvalue weighted by Gasteiger charge is -2.38. The molecule has 1 N–H and O–H groups in total. The minimum atomic E-state index is 0.0366. The highest BCUT2D eigenvalue weighted by molar-refractivity contribution is 5.84. The van der Waals surface area contributed by atoms with Gasteiger partial charge < -0.3 is 10.2 Å². The van der Waals surface area contributed by atoms with E-state index < -0.39 is 0 Å². The molecule has 2 aromatic rings. The maximum atomic E-state index is 12.9. The quantitative estimate of drug-likeness (QED) is 0.873. The number of rotatable bonds is 3. The molecule has 1 aromatic heterocycles. The third-order valence-electron chi connectivity index (χ3n) is 6.63. The van der Waals surface area contributed by atoms with Gasteiger partial charge in [0.2, 0.25) is 5.91 Å². The Morgan fingerprint density at radius 3 is 2.50 bits per heavy atom. The van der Waals surface area contributed by atoms with E-state index in [9.17, 15) is 9.59 Å². The van der Waals surface area contributed by atoms with E-state index in [-0.39, 0.29) is 17.5 Å². The fourth-order valence-corrected chi connectivity index (χ4v) is 4.98. The Hall–Kier alpha value is -2.41. The highest BCUT2D eigenvalue weighted by atomic mass is 16.2. The Kier molecular flexibility index (Phi) is 4.55. The second-order valence-corrected chi connectivity index (χ2v) is 8.22. The summed E-state index contributed by atoms with van der Waals surface area (Å²) >= 11 is 0. The van der Waals surface area contributed by atoms with Crippen molar-refractivity contribution in [1.29, 1.82) is 0 Å². The zero-order valence-electron chi connectivity index (χ0n) is 16.1. The first-order valence-electron chi connectivity index (χ1n) is 10.5. The van der Waals surface area contributed by atoms with Crippen LogP contribution in [0.1, 0.15) is 38.1 Å². The average Bonchev–Trinajstić information content (AvgIpc) is 3.40. The van der Waals surface area contributed by atoms with Gasteiger partial charge in [0, 0.05) is 44.5 Å². The van der Waals surface area contributed by atoms with Crippen LogP contribution in [0, 0.1) is 0 Å². The van der Waals surface area contributed by atoms with Gasteiger partial charge in [0.05, 0.1) is 23.3 Å². The van der Waals surface area contributed by atoms with Crippen LogP contribution >= 0.6 is 0 Å². The molecule has 0 bridgehead atoms. The third kappa shape index (κ3) is 3.07. The molecule has 7 nitrogen and oxygen atoms in total. The van der Waals surface area contributed by atoms with Crippen LogP contribution in [0.5, 0.6) is 0 Å². The molecule has 3 heterocycles. The van der Waals surface area contributed by atoms with Gasteiger partial charge in [-0.25, -0.2) is 4.98 Å². The number of nitrogens with one attached hydrogen (secondary N) is 1. The lowest BCUT2D eigenvalue weighted by atomic mass is 10.1. The first-order valence-corrected chi connectivity index (χ1v) is 10.5. The summed E-state index contributed by atoms with van der Waals surface area (Å²) in [4.78, 5) is 34.0. The summed E-state index contributed by atoms with van der Waals surface area (Å²) in [5.41, 5.74) is 1.96. The lowest BCUT2D eigenvalue weighted by molar-refractivity contribution is -0.123. The molecule has 0 spiro atoms. The van der Waals surface area contributed by atoms with Crippen LogP contribution in [-0.4, -0.2) is 59.1 Å². The third-order valence-corrected chi connectivity index (χ3v) is 6.63. The summed E-state index contributed by atoms with van der Waals surface area (Å²) in [7, 11) is 0. The Labute approximate surface area is 164 Å². The summed E-state index contributed by atoms with van der Waals surface area (Å²) < 4.78 is 1.83. The summed E-state index contributed by atoms with van der Waals surface area (Å²) in [6, 6.07) is 6.36. The first kappa shape index (κ1) is 17.7. The molecular formula is C21H27N5O2. The molecule has 5 rings (SSSR count). The van der Waals surface area contributed by atoms with Gasteiger partial charge in [-0.15, -0.1) is 0 Å². The highest BCUT2D eigenvalue weighted by Crippen LogP contribution is 2.29. The van der Waals surface area contributed by atoms with Crippen molar-refractivity contribution in [2.45, 2.75) is 44.2 Å². The summed E-state index contributed by atoms with van der Waals surface area (Å²) in [5, 5.41) is 3.63. The van der Waals surface area contributed by atoms with Crippen molar-refractivity contribution in [1.82, 2.24) is 19.8 Å². The number of nitrogens with zero attached hydrogens (tertiary/aromatic N) is 4. The molecule has 1 aliphatic carbocycles. The van der Waals surface area contributed by atoms with Gasteiger partial charge >= 0.3 is 0 Å². The monoisotopic (exact) mass is 381 g/mol. The Morgan fingerprint density at radius 1 is 1.00 bits per heavy atom. The maximum Gasteiger partial charge on any atom is 0.261 e. The molecule has 1 atom stereocenters. The van der Waals surface area contributed by atoms with E-state index in [4.69, 9.17) is 0 Å². The SMILES string of the molecule is O=C1NCCC1N1CCN(c2ccc3c(=O)n(C4CCCC4)cnc3c2)CC1. The number of aromatic nitrogens is 2. The smallest absolute Gasteiger partial charge is 0.261 e. The molecule has 0 radical (unpaired) electrons. The second kappa shape index (κ2) is 7.20. The highest BCUT2D eigenvalue weighted by Gasteiger charge is 2.32. The minimum absolute atomic E-state index is 0.0366. The van der Waals surface area contributed by atoms with Crippen molar-refractivity contribution in [3.05, 3.63) is 34.9 Å².